The lowest BCUT2D eigenvalue weighted by Crippen LogP contribution is -1.98. The molecular weight excluding hydrogens is 262 g/mol. The molecule has 0 saturated carbocycles. The Labute approximate surface area is 122 Å². The van der Waals surface area contributed by atoms with Crippen molar-refractivity contribution in [2.75, 3.05) is 5.73 Å². The monoisotopic (exact) mass is 277 g/mol. The molecule has 0 atom stereocenters. The van der Waals surface area contributed by atoms with Crippen LogP contribution in [0, 0.1) is 0 Å². The van der Waals surface area contributed by atoms with Crippen LogP contribution >= 0.6 is 0 Å². The number of H-pyrrole nitrogens is 1. The molecule has 104 valence electrons. The van der Waals surface area contributed by atoms with E-state index in [1.807, 2.05) is 48.5 Å². The molecule has 4 nitrogen and oxygen atoms in total. The second kappa shape index (κ2) is 5.25. The summed E-state index contributed by atoms with van der Waals surface area (Å²) in [7, 11) is 0. The Morgan fingerprint density at radius 3 is 2.43 bits per heavy atom. The van der Waals surface area contributed by atoms with Crippen molar-refractivity contribution >= 4 is 11.6 Å². The number of anilines is 1. The van der Waals surface area contributed by atoms with Crippen molar-refractivity contribution in [3.63, 3.8) is 0 Å². The highest BCUT2D eigenvalue weighted by Crippen LogP contribution is 2.36. The van der Waals surface area contributed by atoms with Gasteiger partial charge in [0.2, 0.25) is 0 Å². The average Bonchev–Trinajstić information content (AvgIpc) is 2.89. The van der Waals surface area contributed by atoms with E-state index in [9.17, 15) is 4.79 Å². The van der Waals surface area contributed by atoms with E-state index < -0.39 is 0 Å². The van der Waals surface area contributed by atoms with Crippen molar-refractivity contribution in [2.24, 2.45) is 0 Å². The average molecular weight is 277 g/mol. The number of ketones is 1. The Morgan fingerprint density at radius 1 is 1.05 bits per heavy atom. The van der Waals surface area contributed by atoms with Gasteiger partial charge in [0.05, 0.1) is 11.3 Å². The van der Waals surface area contributed by atoms with Crippen molar-refractivity contribution in [3.8, 4) is 22.4 Å². The highest BCUT2D eigenvalue weighted by molar-refractivity contribution is 6.04. The smallest absolute Gasteiger partial charge is 0.160 e. The van der Waals surface area contributed by atoms with E-state index >= 15 is 0 Å². The van der Waals surface area contributed by atoms with Crippen LogP contribution in [0.15, 0.2) is 54.6 Å². The summed E-state index contributed by atoms with van der Waals surface area (Å²) in [5.74, 6) is 0.396. The van der Waals surface area contributed by atoms with Crippen molar-refractivity contribution in [1.82, 2.24) is 10.2 Å². The third-order valence-corrected chi connectivity index (χ3v) is 3.43. The lowest BCUT2D eigenvalue weighted by atomic mass is 9.95. The Kier molecular flexibility index (Phi) is 3.28. The van der Waals surface area contributed by atoms with Crippen molar-refractivity contribution in [1.29, 1.82) is 0 Å². The number of aromatic amines is 1. The molecular formula is C17H15N3O. The summed E-state index contributed by atoms with van der Waals surface area (Å²) in [5.41, 5.74) is 10.0. The van der Waals surface area contributed by atoms with Gasteiger partial charge in [0.15, 0.2) is 11.6 Å². The first-order chi connectivity index (χ1) is 10.2. The van der Waals surface area contributed by atoms with E-state index in [0.29, 0.717) is 11.4 Å². The molecule has 1 heterocycles. The largest absolute Gasteiger partial charge is 0.382 e. The molecule has 0 unspecified atom stereocenters. The number of rotatable bonds is 3. The number of nitrogens with one attached hydrogen (secondary N) is 1. The summed E-state index contributed by atoms with van der Waals surface area (Å²) in [6, 6.07) is 17.2. The van der Waals surface area contributed by atoms with Crippen LogP contribution in [0.3, 0.4) is 0 Å². The van der Waals surface area contributed by atoms with Crippen LogP contribution in [0.2, 0.25) is 0 Å². The Morgan fingerprint density at radius 2 is 1.71 bits per heavy atom. The first-order valence-corrected chi connectivity index (χ1v) is 6.68. The van der Waals surface area contributed by atoms with Gasteiger partial charge in [0.1, 0.15) is 0 Å². The second-order valence-electron chi connectivity index (χ2n) is 4.83. The van der Waals surface area contributed by atoms with Gasteiger partial charge in [-0.1, -0.05) is 54.6 Å². The maximum absolute atomic E-state index is 11.8. The van der Waals surface area contributed by atoms with E-state index in [4.69, 9.17) is 5.73 Å². The molecule has 0 saturated heterocycles. The molecule has 0 fully saturated rings. The van der Waals surface area contributed by atoms with Gasteiger partial charge in [0.25, 0.3) is 0 Å². The molecule has 3 aromatic rings. The third kappa shape index (κ3) is 2.31. The Hall–Kier alpha value is -2.88. The van der Waals surface area contributed by atoms with Crippen LogP contribution in [0.4, 0.5) is 5.82 Å². The van der Waals surface area contributed by atoms with Gasteiger partial charge >= 0.3 is 0 Å². The predicted molar refractivity (Wildman–Crippen MR) is 83.9 cm³/mol. The van der Waals surface area contributed by atoms with Gasteiger partial charge in [-0.15, -0.1) is 0 Å². The quantitative estimate of drug-likeness (QED) is 0.719. The molecule has 3 rings (SSSR count). The van der Waals surface area contributed by atoms with Crippen LogP contribution in [0.1, 0.15) is 17.3 Å². The van der Waals surface area contributed by atoms with Gasteiger partial charge in [-0.2, -0.15) is 5.10 Å². The highest BCUT2D eigenvalue weighted by atomic mass is 16.1. The Bertz CT molecular complexity index is 791. The van der Waals surface area contributed by atoms with Crippen LogP contribution in [0.5, 0.6) is 0 Å². The molecule has 3 N–H and O–H groups in total. The van der Waals surface area contributed by atoms with Crippen molar-refractivity contribution < 1.29 is 4.79 Å². The molecule has 0 aliphatic heterocycles. The standard InChI is InChI=1S/C17H15N3O/c1-11(21)13-9-5-6-10-14(13)15-16(19-20-17(15)18)12-7-3-2-4-8-12/h2-10H,1H3,(H3,18,19,20). The molecule has 2 aromatic carbocycles. The van der Waals surface area contributed by atoms with Crippen molar-refractivity contribution in [2.45, 2.75) is 6.92 Å². The van der Waals surface area contributed by atoms with Crippen LogP contribution in [-0.2, 0) is 0 Å². The fraction of sp³-hybridized carbons (Fsp3) is 0.0588. The maximum Gasteiger partial charge on any atom is 0.160 e. The molecule has 21 heavy (non-hydrogen) atoms. The fourth-order valence-electron chi connectivity index (χ4n) is 2.45. The number of carbonyl (C=O) groups excluding carboxylic acids is 1. The molecule has 0 aliphatic carbocycles. The number of aromatic nitrogens is 2. The zero-order chi connectivity index (χ0) is 14.8. The number of benzene rings is 2. The number of hydrogen-bond donors (Lipinski definition) is 2. The van der Waals surface area contributed by atoms with Crippen molar-refractivity contribution in [3.05, 3.63) is 60.2 Å². The van der Waals surface area contributed by atoms with E-state index in [-0.39, 0.29) is 5.78 Å². The summed E-state index contributed by atoms with van der Waals surface area (Å²) in [5, 5.41) is 7.08. The number of hydrogen-bond acceptors (Lipinski definition) is 3. The summed E-state index contributed by atoms with van der Waals surface area (Å²) in [6.07, 6.45) is 0. The summed E-state index contributed by atoms with van der Waals surface area (Å²) in [6.45, 7) is 1.55. The van der Waals surface area contributed by atoms with E-state index in [0.717, 1.165) is 22.4 Å². The number of Topliss-reactive ketones (excluding diaryl/α,β-unsaturated/α-hetero) is 1. The second-order valence-corrected chi connectivity index (χ2v) is 4.83. The minimum Gasteiger partial charge on any atom is -0.382 e. The summed E-state index contributed by atoms with van der Waals surface area (Å²) in [4.78, 5) is 11.8. The fourth-order valence-corrected chi connectivity index (χ4v) is 2.45. The maximum atomic E-state index is 11.8. The molecule has 1 aromatic heterocycles. The Balaban J connectivity index is 2.25. The molecule has 0 bridgehead atoms. The first kappa shape index (κ1) is 13.1. The highest BCUT2D eigenvalue weighted by Gasteiger charge is 2.18. The van der Waals surface area contributed by atoms with E-state index in [1.165, 1.54) is 0 Å². The van der Waals surface area contributed by atoms with Crippen LogP contribution < -0.4 is 5.73 Å². The van der Waals surface area contributed by atoms with Gasteiger partial charge < -0.3 is 5.73 Å². The summed E-state index contributed by atoms with van der Waals surface area (Å²) >= 11 is 0. The summed E-state index contributed by atoms with van der Waals surface area (Å²) < 4.78 is 0. The molecule has 0 spiro atoms. The third-order valence-electron chi connectivity index (χ3n) is 3.43. The molecule has 4 heteroatoms. The van der Waals surface area contributed by atoms with Gasteiger partial charge in [-0.25, -0.2) is 0 Å². The minimum absolute atomic E-state index is 0.00483. The molecule has 0 aliphatic rings. The lowest BCUT2D eigenvalue weighted by molar-refractivity contribution is 0.101. The van der Waals surface area contributed by atoms with Gasteiger partial charge in [0, 0.05) is 11.1 Å². The van der Waals surface area contributed by atoms with Crippen LogP contribution in [-0.4, -0.2) is 16.0 Å². The van der Waals surface area contributed by atoms with Gasteiger partial charge in [-0.3, -0.25) is 9.89 Å². The molecule has 0 amide bonds. The minimum atomic E-state index is 0.00483. The van der Waals surface area contributed by atoms with E-state index in [2.05, 4.69) is 10.2 Å². The van der Waals surface area contributed by atoms with Crippen LogP contribution in [0.25, 0.3) is 22.4 Å². The van der Waals surface area contributed by atoms with E-state index in [1.54, 1.807) is 13.0 Å². The lowest BCUT2D eigenvalue weighted by Gasteiger charge is -2.08. The zero-order valence-corrected chi connectivity index (χ0v) is 11.6. The first-order valence-electron chi connectivity index (χ1n) is 6.68. The number of carbonyl (C=O) groups is 1. The zero-order valence-electron chi connectivity index (χ0n) is 11.6. The SMILES string of the molecule is CC(=O)c1ccccc1-c1c(N)n[nH]c1-c1ccccc1. The number of nitrogens with zero attached hydrogens (tertiary/aromatic N) is 1. The normalized spacial score (nSPS) is 10.5. The topological polar surface area (TPSA) is 71.8 Å². The van der Waals surface area contributed by atoms with Gasteiger partial charge in [-0.05, 0) is 12.5 Å². The number of nitrogen functional groups attached to an aromatic ring is 1. The number of nitrogens with two attached hydrogens (primary N) is 1. The predicted octanol–water partition coefficient (Wildman–Crippen LogP) is 3.53. The molecule has 0 radical (unpaired) electrons.